The number of ether oxygens (including phenoxy) is 3. The molecule has 0 bridgehead atoms. The number of rotatable bonds is 4. The highest BCUT2D eigenvalue weighted by Gasteiger charge is 2.43. The van der Waals surface area contributed by atoms with Gasteiger partial charge in [-0.15, -0.1) is 0 Å². The Kier molecular flexibility index (Phi) is 5.69. The van der Waals surface area contributed by atoms with E-state index in [0.29, 0.717) is 5.92 Å². The lowest BCUT2D eigenvalue weighted by Crippen LogP contribution is -2.52. The highest BCUT2D eigenvalue weighted by molar-refractivity contribution is 4.95. The highest BCUT2D eigenvalue weighted by Crippen LogP contribution is 2.35. The molecule has 122 valence electrons. The molecule has 5 unspecified atom stereocenters. The lowest BCUT2D eigenvalue weighted by molar-refractivity contribution is -0.290. The van der Waals surface area contributed by atoms with Gasteiger partial charge in [-0.05, 0) is 24.8 Å². The van der Waals surface area contributed by atoms with Crippen molar-refractivity contribution in [2.45, 2.75) is 78.2 Å². The zero-order valence-electron chi connectivity index (χ0n) is 13.9. The molecule has 0 saturated carbocycles. The average molecular weight is 298 g/mol. The minimum atomic E-state index is -0.410. The molecule has 4 nitrogen and oxygen atoms in total. The summed E-state index contributed by atoms with van der Waals surface area (Å²) in [6.07, 6.45) is 4.79. The van der Waals surface area contributed by atoms with E-state index in [1.54, 1.807) is 6.26 Å². The molecule has 0 amide bonds. The molecular weight excluding hydrogens is 268 g/mol. The zero-order valence-corrected chi connectivity index (χ0v) is 13.9. The molecule has 21 heavy (non-hydrogen) atoms. The van der Waals surface area contributed by atoms with Crippen molar-refractivity contribution in [3.63, 3.8) is 0 Å². The van der Waals surface area contributed by atoms with Crippen LogP contribution in [0.4, 0.5) is 0 Å². The predicted octanol–water partition coefficient (Wildman–Crippen LogP) is 3.10. The molecule has 1 saturated heterocycles. The minimum absolute atomic E-state index is 0.00685. The van der Waals surface area contributed by atoms with Gasteiger partial charge in [-0.1, -0.05) is 34.6 Å². The van der Waals surface area contributed by atoms with Gasteiger partial charge in [0.05, 0.1) is 18.5 Å². The van der Waals surface area contributed by atoms with Gasteiger partial charge in [-0.25, -0.2) is 0 Å². The smallest absolute Gasteiger partial charge is 0.161 e. The third-order valence-corrected chi connectivity index (χ3v) is 5.10. The SMILES string of the molecule is CCC1O[C@@H](O[C@H]2C(C)C=COC2CC)C(C)C(C)[C@H]1O. The van der Waals surface area contributed by atoms with Gasteiger partial charge < -0.3 is 19.3 Å². The van der Waals surface area contributed by atoms with Crippen LogP contribution in [0.2, 0.25) is 0 Å². The van der Waals surface area contributed by atoms with E-state index in [1.165, 1.54) is 0 Å². The molecule has 2 aliphatic rings. The van der Waals surface area contributed by atoms with Gasteiger partial charge in [-0.3, -0.25) is 0 Å². The first-order valence-corrected chi connectivity index (χ1v) is 8.30. The van der Waals surface area contributed by atoms with Crippen molar-refractivity contribution in [1.82, 2.24) is 0 Å². The molecule has 0 aromatic rings. The highest BCUT2D eigenvalue weighted by atomic mass is 16.7. The Morgan fingerprint density at radius 3 is 2.33 bits per heavy atom. The Labute approximate surface area is 128 Å². The summed E-state index contributed by atoms with van der Waals surface area (Å²) in [6, 6.07) is 0. The van der Waals surface area contributed by atoms with Crippen molar-refractivity contribution >= 4 is 0 Å². The maximum absolute atomic E-state index is 10.3. The molecule has 1 N–H and O–H groups in total. The quantitative estimate of drug-likeness (QED) is 0.866. The Morgan fingerprint density at radius 1 is 1.05 bits per heavy atom. The molecule has 2 heterocycles. The van der Waals surface area contributed by atoms with Crippen LogP contribution in [-0.2, 0) is 14.2 Å². The summed E-state index contributed by atoms with van der Waals surface area (Å²) in [5.41, 5.74) is 0. The van der Waals surface area contributed by atoms with Gasteiger partial charge >= 0.3 is 0 Å². The number of hydrogen-bond acceptors (Lipinski definition) is 4. The average Bonchev–Trinajstić information content (AvgIpc) is 2.49. The Bertz CT molecular complexity index is 355. The monoisotopic (exact) mass is 298 g/mol. The van der Waals surface area contributed by atoms with Crippen LogP contribution < -0.4 is 0 Å². The molecule has 0 aliphatic carbocycles. The van der Waals surface area contributed by atoms with Gasteiger partial charge in [0.1, 0.15) is 12.2 Å². The molecule has 0 radical (unpaired) electrons. The van der Waals surface area contributed by atoms with Crippen LogP contribution in [0, 0.1) is 17.8 Å². The van der Waals surface area contributed by atoms with E-state index >= 15 is 0 Å². The summed E-state index contributed by atoms with van der Waals surface area (Å²) in [7, 11) is 0. The first-order valence-electron chi connectivity index (χ1n) is 8.30. The first-order chi connectivity index (χ1) is 9.99. The second kappa shape index (κ2) is 7.12. The van der Waals surface area contributed by atoms with Crippen LogP contribution in [0.1, 0.15) is 47.5 Å². The molecule has 2 rings (SSSR count). The minimum Gasteiger partial charge on any atom is -0.496 e. The number of aliphatic hydroxyl groups excluding tert-OH is 1. The molecule has 2 aliphatic heterocycles. The fraction of sp³-hybridized carbons (Fsp3) is 0.882. The molecule has 0 aromatic heterocycles. The van der Waals surface area contributed by atoms with Crippen LogP contribution in [0.15, 0.2) is 12.3 Å². The zero-order chi connectivity index (χ0) is 15.6. The van der Waals surface area contributed by atoms with Crippen molar-refractivity contribution in [3.8, 4) is 0 Å². The first kappa shape index (κ1) is 16.8. The van der Waals surface area contributed by atoms with E-state index < -0.39 is 6.10 Å². The summed E-state index contributed by atoms with van der Waals surface area (Å²) < 4.78 is 18.0. The Morgan fingerprint density at radius 2 is 1.71 bits per heavy atom. The van der Waals surface area contributed by atoms with E-state index in [2.05, 4.69) is 27.7 Å². The van der Waals surface area contributed by atoms with Gasteiger partial charge in [0, 0.05) is 11.8 Å². The van der Waals surface area contributed by atoms with Gasteiger partial charge in [0.2, 0.25) is 0 Å². The number of hydrogen-bond donors (Lipinski definition) is 1. The summed E-state index contributed by atoms with van der Waals surface area (Å²) in [6.45, 7) is 10.5. The molecule has 0 spiro atoms. The van der Waals surface area contributed by atoms with Crippen LogP contribution >= 0.6 is 0 Å². The van der Waals surface area contributed by atoms with Crippen LogP contribution in [-0.4, -0.2) is 35.8 Å². The fourth-order valence-electron chi connectivity index (χ4n) is 3.26. The van der Waals surface area contributed by atoms with E-state index in [1.807, 2.05) is 13.0 Å². The van der Waals surface area contributed by atoms with E-state index in [-0.39, 0.29) is 36.4 Å². The number of aliphatic hydroxyl groups is 1. The Balaban J connectivity index is 2.08. The third-order valence-electron chi connectivity index (χ3n) is 5.10. The molecular formula is C17H30O4. The van der Waals surface area contributed by atoms with Crippen molar-refractivity contribution in [2.75, 3.05) is 0 Å². The van der Waals surface area contributed by atoms with E-state index in [0.717, 1.165) is 12.8 Å². The van der Waals surface area contributed by atoms with Crippen LogP contribution in [0.3, 0.4) is 0 Å². The summed E-state index contributed by atoms with van der Waals surface area (Å²) in [4.78, 5) is 0. The third kappa shape index (κ3) is 3.43. The molecule has 4 heteroatoms. The van der Waals surface area contributed by atoms with E-state index in [9.17, 15) is 5.11 Å². The van der Waals surface area contributed by atoms with E-state index in [4.69, 9.17) is 14.2 Å². The molecule has 0 aromatic carbocycles. The lowest BCUT2D eigenvalue weighted by Gasteiger charge is -2.45. The largest absolute Gasteiger partial charge is 0.496 e. The standard InChI is InChI=1S/C17H30O4/c1-6-13-15(18)11(4)12(5)17(20-13)21-16-10(3)8-9-19-14(16)7-2/h8-18H,6-7H2,1-5H3/t10?,11?,12?,13?,14?,15-,16+,17+/m1/s1. The second-order valence-corrected chi connectivity index (χ2v) is 6.53. The fourth-order valence-corrected chi connectivity index (χ4v) is 3.26. The van der Waals surface area contributed by atoms with Crippen molar-refractivity contribution < 1.29 is 19.3 Å². The molecule has 8 atom stereocenters. The van der Waals surface area contributed by atoms with Crippen LogP contribution in [0.25, 0.3) is 0 Å². The van der Waals surface area contributed by atoms with Gasteiger partial charge in [0.15, 0.2) is 6.29 Å². The maximum atomic E-state index is 10.3. The lowest BCUT2D eigenvalue weighted by atomic mass is 9.83. The predicted molar refractivity (Wildman–Crippen MR) is 81.6 cm³/mol. The van der Waals surface area contributed by atoms with Gasteiger partial charge in [-0.2, -0.15) is 0 Å². The topological polar surface area (TPSA) is 47.9 Å². The van der Waals surface area contributed by atoms with Crippen LogP contribution in [0.5, 0.6) is 0 Å². The molecule has 1 fully saturated rings. The summed E-state index contributed by atoms with van der Waals surface area (Å²) >= 11 is 0. The second-order valence-electron chi connectivity index (χ2n) is 6.53. The summed E-state index contributed by atoms with van der Waals surface area (Å²) in [5.74, 6) is 0.643. The van der Waals surface area contributed by atoms with Crippen molar-refractivity contribution in [2.24, 2.45) is 17.8 Å². The Hall–Kier alpha value is -0.580. The normalized spacial score (nSPS) is 47.1. The van der Waals surface area contributed by atoms with Gasteiger partial charge in [0.25, 0.3) is 0 Å². The maximum Gasteiger partial charge on any atom is 0.161 e. The van der Waals surface area contributed by atoms with Crippen molar-refractivity contribution in [1.29, 1.82) is 0 Å². The van der Waals surface area contributed by atoms with Crippen molar-refractivity contribution in [3.05, 3.63) is 12.3 Å². The summed E-state index contributed by atoms with van der Waals surface area (Å²) in [5, 5.41) is 10.3.